The van der Waals surface area contributed by atoms with Gasteiger partial charge >= 0.3 is 12.0 Å². The van der Waals surface area contributed by atoms with Crippen LogP contribution in [0.5, 0.6) is 6.01 Å². The third kappa shape index (κ3) is 11.3. The summed E-state index contributed by atoms with van der Waals surface area (Å²) < 4.78 is 41.1. The Morgan fingerprint density at radius 3 is 2.38 bits per heavy atom. The standard InChI is InChI=1S/C26H21F2N5O.C19H25N5O4.C9H17NO/c1-3-17-20(27)10-7-14-5-4-6-18(21(14)17)23-22(28)24-19(11-29-23)25(32-26(31-24)34-2)33-12-15-8-9-16(13-33)30-15;25-14-20-8-1-2-18(27)23-12-10-22(11-13-23)15-3-5-16(6-4-15)24-9-7-17(26)21-19(24)28;1-11-7-9-5-4-8-3-2-6-10(8)9/h1,4-7,10-11,15-16,30H,8-9,12-13H2,2H3;3-6,14H,1-2,7-13H2,(H,20,25)(H,21,26,28);8-9H,2-7H2,1H3. The Morgan fingerprint density at radius 1 is 0.904 bits per heavy atom. The van der Waals surface area contributed by atoms with E-state index < -0.39 is 11.6 Å². The summed E-state index contributed by atoms with van der Waals surface area (Å²) in [6.45, 7) is 7.52. The normalized spacial score (nSPS) is 21.5. The number of halogens is 2. The molecule has 2 aromatic heterocycles. The zero-order valence-electron chi connectivity index (χ0n) is 41.5. The van der Waals surface area contributed by atoms with Gasteiger partial charge in [-0.15, -0.1) is 6.42 Å². The zero-order valence-corrected chi connectivity index (χ0v) is 41.5. The molecule has 384 valence electrons. The number of carbonyl (C=O) groups is 4. The van der Waals surface area contributed by atoms with E-state index in [1.54, 1.807) is 35.4 Å². The average Bonchev–Trinajstić information content (AvgIpc) is 4.14. The molecular formula is C54H63F2N11O6. The summed E-state index contributed by atoms with van der Waals surface area (Å²) in [5.41, 5.74) is 2.43. The van der Waals surface area contributed by atoms with Gasteiger partial charge in [0.2, 0.25) is 18.2 Å². The number of ether oxygens (including phenoxy) is 2. The van der Waals surface area contributed by atoms with E-state index in [4.69, 9.17) is 15.9 Å². The molecule has 4 unspecified atom stereocenters. The molecule has 19 heteroatoms. The van der Waals surface area contributed by atoms with E-state index >= 15 is 4.39 Å². The number of rotatable bonds is 12. The van der Waals surface area contributed by atoms with E-state index in [-0.39, 0.29) is 40.6 Å². The largest absolute Gasteiger partial charge is 0.467 e. The molecule has 5 amide bonds. The number of urea groups is 1. The summed E-state index contributed by atoms with van der Waals surface area (Å²) in [5.74, 6) is 1.72. The maximum atomic E-state index is 16.1. The maximum Gasteiger partial charge on any atom is 0.328 e. The summed E-state index contributed by atoms with van der Waals surface area (Å²) in [7, 11) is 3.27. The molecule has 17 nitrogen and oxygen atoms in total. The van der Waals surface area contributed by atoms with E-state index in [1.807, 2.05) is 36.3 Å². The Balaban J connectivity index is 0.000000151. The Bertz CT molecular complexity index is 2840. The minimum atomic E-state index is -0.628. The summed E-state index contributed by atoms with van der Waals surface area (Å²) in [5, 5.41) is 10.1. The first-order chi connectivity index (χ1) is 35.6. The monoisotopic (exact) mass is 999 g/mol. The molecule has 5 aromatic rings. The predicted molar refractivity (Wildman–Crippen MR) is 276 cm³/mol. The lowest BCUT2D eigenvalue weighted by Gasteiger charge is -2.36. The molecule has 2 bridgehead atoms. The maximum absolute atomic E-state index is 16.1. The number of terminal acetylenes is 1. The Hall–Kier alpha value is -7.01. The molecule has 3 aromatic carbocycles. The third-order valence-electron chi connectivity index (χ3n) is 14.8. The molecule has 6 aliphatic heterocycles. The molecule has 0 aliphatic carbocycles. The average molecular weight is 1000 g/mol. The Labute approximate surface area is 424 Å². The second kappa shape index (κ2) is 23.2. The van der Waals surface area contributed by atoms with Crippen LogP contribution in [0.4, 0.5) is 30.8 Å². The second-order valence-electron chi connectivity index (χ2n) is 19.3. The zero-order chi connectivity index (χ0) is 51.0. The van der Waals surface area contributed by atoms with Gasteiger partial charge in [-0.2, -0.15) is 9.97 Å². The van der Waals surface area contributed by atoms with Crippen LogP contribution in [0.15, 0.2) is 60.8 Å². The van der Waals surface area contributed by atoms with Gasteiger partial charge in [-0.25, -0.2) is 13.6 Å². The number of pyridine rings is 1. The molecule has 6 aliphatic rings. The van der Waals surface area contributed by atoms with E-state index in [0.29, 0.717) is 91.5 Å². The van der Waals surface area contributed by atoms with Gasteiger partial charge in [-0.1, -0.05) is 30.2 Å². The number of anilines is 3. The fourth-order valence-electron chi connectivity index (χ4n) is 11.2. The van der Waals surface area contributed by atoms with Crippen LogP contribution in [0.1, 0.15) is 63.4 Å². The van der Waals surface area contributed by atoms with E-state index in [1.165, 1.54) is 45.4 Å². The topological polar surface area (TPSA) is 178 Å². The van der Waals surface area contributed by atoms with Gasteiger partial charge in [0.1, 0.15) is 22.8 Å². The minimum Gasteiger partial charge on any atom is -0.467 e. The summed E-state index contributed by atoms with van der Waals surface area (Å²) in [4.78, 5) is 69.4. The van der Waals surface area contributed by atoms with Gasteiger partial charge in [0, 0.05) is 125 Å². The minimum absolute atomic E-state index is 0.0484. The fraction of sp³-hybridized carbons (Fsp3) is 0.463. The highest BCUT2D eigenvalue weighted by Crippen LogP contribution is 2.38. The molecule has 6 fully saturated rings. The summed E-state index contributed by atoms with van der Waals surface area (Å²) in [6, 6.07) is 18.0. The number of amides is 5. The molecule has 8 heterocycles. The van der Waals surface area contributed by atoms with Crippen LogP contribution in [-0.2, 0) is 19.1 Å². The number of nitrogens with one attached hydrogen (secondary N) is 3. The van der Waals surface area contributed by atoms with E-state index in [0.717, 1.165) is 69.1 Å². The first-order valence-electron chi connectivity index (χ1n) is 25.3. The highest BCUT2D eigenvalue weighted by Gasteiger charge is 2.37. The lowest BCUT2D eigenvalue weighted by Crippen LogP contribution is -2.51. The molecule has 4 atom stereocenters. The van der Waals surface area contributed by atoms with Crippen LogP contribution >= 0.6 is 0 Å². The molecule has 0 radical (unpaired) electrons. The number of carbonyl (C=O) groups excluding carboxylic acids is 4. The Morgan fingerprint density at radius 2 is 1.67 bits per heavy atom. The van der Waals surface area contributed by atoms with Crippen LogP contribution < -0.4 is 35.4 Å². The van der Waals surface area contributed by atoms with Gasteiger partial charge in [0.05, 0.1) is 24.7 Å². The van der Waals surface area contributed by atoms with Gasteiger partial charge in [0.25, 0.3) is 0 Å². The first kappa shape index (κ1) is 50.9. The first-order valence-corrected chi connectivity index (χ1v) is 25.3. The summed E-state index contributed by atoms with van der Waals surface area (Å²) >= 11 is 0. The molecule has 6 saturated heterocycles. The number of imide groups is 1. The van der Waals surface area contributed by atoms with Crippen molar-refractivity contribution in [2.24, 2.45) is 0 Å². The number of nitrogens with zero attached hydrogens (tertiary/aromatic N) is 8. The molecule has 73 heavy (non-hydrogen) atoms. The van der Waals surface area contributed by atoms with Crippen molar-refractivity contribution in [2.75, 3.05) is 94.4 Å². The molecule has 3 N–H and O–H groups in total. The van der Waals surface area contributed by atoms with Gasteiger partial charge < -0.3 is 34.8 Å². The van der Waals surface area contributed by atoms with Crippen LogP contribution in [0.2, 0.25) is 0 Å². The van der Waals surface area contributed by atoms with Gasteiger partial charge in [0.15, 0.2) is 5.82 Å². The predicted octanol–water partition coefficient (Wildman–Crippen LogP) is 5.62. The van der Waals surface area contributed by atoms with Crippen molar-refractivity contribution in [2.45, 2.75) is 82.0 Å². The SMILES string of the molecule is C#Cc1c(F)ccc2cccc(-c3ncc4c(N5CC6CCC(C5)N6)nc(OC)nc4c3F)c12.COCC1CCC2CCCN21.O=CNCCCC(=O)N1CCN(c2ccc(N3CCC(=O)NC3=O)cc2)CC1. The highest BCUT2D eigenvalue weighted by atomic mass is 19.1. The molecular weight excluding hydrogens is 937 g/mol. The number of benzene rings is 3. The van der Waals surface area contributed by atoms with Crippen molar-refractivity contribution in [1.29, 1.82) is 0 Å². The number of hydrogen-bond acceptors (Lipinski definition) is 13. The van der Waals surface area contributed by atoms with Gasteiger partial charge in [-0.05, 0) is 87.2 Å². The quantitative estimate of drug-likeness (QED) is 0.0799. The van der Waals surface area contributed by atoms with E-state index in [2.05, 4.69) is 51.5 Å². The number of piperazine rings is 2. The summed E-state index contributed by atoms with van der Waals surface area (Å²) in [6.07, 6.45) is 17.0. The van der Waals surface area contributed by atoms with Crippen LogP contribution in [0.3, 0.4) is 0 Å². The van der Waals surface area contributed by atoms with Crippen LogP contribution in [-0.4, -0.2) is 153 Å². The number of fused-ring (bicyclic) bond motifs is 5. The van der Waals surface area contributed by atoms with Crippen molar-refractivity contribution in [3.63, 3.8) is 0 Å². The second-order valence-corrected chi connectivity index (χ2v) is 19.3. The van der Waals surface area contributed by atoms with Gasteiger partial charge in [-0.3, -0.25) is 34.5 Å². The number of hydrogen-bond donors (Lipinski definition) is 3. The van der Waals surface area contributed by atoms with Crippen molar-refractivity contribution in [1.82, 2.24) is 40.7 Å². The molecule has 11 rings (SSSR count). The van der Waals surface area contributed by atoms with Crippen LogP contribution in [0.25, 0.3) is 32.9 Å². The van der Waals surface area contributed by atoms with Crippen molar-refractivity contribution >= 4 is 63.1 Å². The van der Waals surface area contributed by atoms with Crippen molar-refractivity contribution in [3.8, 4) is 29.6 Å². The number of methoxy groups -OCH3 is 2. The number of aromatic nitrogens is 3. The molecule has 0 saturated carbocycles. The highest BCUT2D eigenvalue weighted by molar-refractivity contribution is 6.06. The van der Waals surface area contributed by atoms with Crippen molar-refractivity contribution < 1.29 is 37.4 Å². The van der Waals surface area contributed by atoms with E-state index in [9.17, 15) is 23.6 Å². The lowest BCUT2D eigenvalue weighted by atomic mass is 9.96. The smallest absolute Gasteiger partial charge is 0.328 e. The Kier molecular flexibility index (Phi) is 16.2. The van der Waals surface area contributed by atoms with Crippen LogP contribution in [0, 0.1) is 24.0 Å². The van der Waals surface area contributed by atoms with Crippen molar-refractivity contribution in [3.05, 3.63) is 78.0 Å². The third-order valence-corrected chi connectivity index (χ3v) is 14.8. The lowest BCUT2D eigenvalue weighted by molar-refractivity contribution is -0.131. The molecule has 0 spiro atoms. The fourth-order valence-corrected chi connectivity index (χ4v) is 11.2.